The molecule has 2 aliphatic rings. The van der Waals surface area contributed by atoms with Crippen molar-refractivity contribution < 1.29 is 4.74 Å². The van der Waals surface area contributed by atoms with E-state index >= 15 is 0 Å². The molecule has 1 aliphatic carbocycles. The molecule has 1 aromatic rings. The van der Waals surface area contributed by atoms with Crippen molar-refractivity contribution >= 4 is 0 Å². The molecule has 0 aromatic heterocycles. The summed E-state index contributed by atoms with van der Waals surface area (Å²) in [6.45, 7) is 1.80. The lowest BCUT2D eigenvalue weighted by Gasteiger charge is -2.37. The lowest BCUT2D eigenvalue weighted by molar-refractivity contribution is 0.0963. The fourth-order valence-corrected chi connectivity index (χ4v) is 3.93. The van der Waals surface area contributed by atoms with Crippen molar-refractivity contribution in [3.8, 4) is 0 Å². The summed E-state index contributed by atoms with van der Waals surface area (Å²) in [4.78, 5) is 0. The Hall–Kier alpha value is -0.860. The molecule has 0 bridgehead atoms. The molecule has 1 aromatic carbocycles. The van der Waals surface area contributed by atoms with Gasteiger partial charge in [0.25, 0.3) is 0 Å². The van der Waals surface area contributed by atoms with Gasteiger partial charge in [-0.1, -0.05) is 30.7 Å². The van der Waals surface area contributed by atoms with Crippen LogP contribution in [0.25, 0.3) is 0 Å². The monoisotopic (exact) mass is 273 g/mol. The summed E-state index contributed by atoms with van der Waals surface area (Å²) in [5.74, 6) is 0. The molecule has 1 heterocycles. The van der Waals surface area contributed by atoms with Gasteiger partial charge in [-0.05, 0) is 68.0 Å². The van der Waals surface area contributed by atoms with Gasteiger partial charge in [-0.15, -0.1) is 0 Å². The first kappa shape index (κ1) is 14.1. The van der Waals surface area contributed by atoms with E-state index in [-0.39, 0.29) is 0 Å². The Morgan fingerprint density at radius 1 is 1.25 bits per heavy atom. The second-order valence-corrected chi connectivity index (χ2v) is 6.68. The number of rotatable bonds is 5. The van der Waals surface area contributed by atoms with Crippen LogP contribution < -0.4 is 5.73 Å². The van der Waals surface area contributed by atoms with E-state index in [4.69, 9.17) is 10.5 Å². The largest absolute Gasteiger partial charge is 0.378 e. The summed E-state index contributed by atoms with van der Waals surface area (Å²) < 4.78 is 5.73. The Bertz CT molecular complexity index is 439. The average molecular weight is 273 g/mol. The molecule has 0 spiro atoms. The third kappa shape index (κ3) is 3.07. The molecule has 1 fully saturated rings. The molecule has 2 atom stereocenters. The third-order valence-electron chi connectivity index (χ3n) is 5.30. The molecule has 2 N–H and O–H groups in total. The summed E-state index contributed by atoms with van der Waals surface area (Å²) >= 11 is 0. The molecule has 0 saturated carbocycles. The van der Waals surface area contributed by atoms with Crippen LogP contribution in [0.15, 0.2) is 24.3 Å². The molecular formula is C18H27NO. The van der Waals surface area contributed by atoms with Gasteiger partial charge < -0.3 is 10.5 Å². The SMILES string of the molecule is NCC1(CCCC2CCCO2)CCc2ccccc2C1. The maximum Gasteiger partial charge on any atom is 0.0576 e. The first-order chi connectivity index (χ1) is 9.81. The predicted molar refractivity (Wildman–Crippen MR) is 82.8 cm³/mol. The van der Waals surface area contributed by atoms with Gasteiger partial charge in [0, 0.05) is 6.61 Å². The van der Waals surface area contributed by atoms with Gasteiger partial charge in [-0.3, -0.25) is 0 Å². The lowest BCUT2D eigenvalue weighted by atomic mass is 9.69. The van der Waals surface area contributed by atoms with Gasteiger partial charge in [0.05, 0.1) is 6.10 Å². The predicted octanol–water partition coefficient (Wildman–Crippen LogP) is 3.47. The highest BCUT2D eigenvalue weighted by Gasteiger charge is 2.32. The first-order valence-corrected chi connectivity index (χ1v) is 8.20. The Morgan fingerprint density at radius 3 is 2.85 bits per heavy atom. The topological polar surface area (TPSA) is 35.2 Å². The van der Waals surface area contributed by atoms with Gasteiger partial charge in [-0.2, -0.15) is 0 Å². The second-order valence-electron chi connectivity index (χ2n) is 6.68. The van der Waals surface area contributed by atoms with E-state index in [9.17, 15) is 0 Å². The molecular weight excluding hydrogens is 246 g/mol. The van der Waals surface area contributed by atoms with Crippen LogP contribution in [0.3, 0.4) is 0 Å². The van der Waals surface area contributed by atoms with E-state index < -0.39 is 0 Å². The van der Waals surface area contributed by atoms with E-state index in [1.807, 2.05) is 0 Å². The van der Waals surface area contributed by atoms with Crippen LogP contribution in [-0.4, -0.2) is 19.3 Å². The first-order valence-electron chi connectivity index (χ1n) is 8.20. The van der Waals surface area contributed by atoms with Crippen LogP contribution in [-0.2, 0) is 17.6 Å². The van der Waals surface area contributed by atoms with Crippen LogP contribution in [0, 0.1) is 5.41 Å². The number of benzene rings is 1. The summed E-state index contributed by atoms with van der Waals surface area (Å²) in [7, 11) is 0. The van der Waals surface area contributed by atoms with Gasteiger partial charge in [0.2, 0.25) is 0 Å². The lowest BCUT2D eigenvalue weighted by Crippen LogP contribution is -2.36. The minimum Gasteiger partial charge on any atom is -0.378 e. The van der Waals surface area contributed by atoms with Gasteiger partial charge in [-0.25, -0.2) is 0 Å². The van der Waals surface area contributed by atoms with E-state index in [0.717, 1.165) is 13.2 Å². The van der Waals surface area contributed by atoms with Crippen LogP contribution in [0.2, 0.25) is 0 Å². The molecule has 0 radical (unpaired) electrons. The highest BCUT2D eigenvalue weighted by Crippen LogP contribution is 2.39. The summed E-state index contributed by atoms with van der Waals surface area (Å²) in [5.41, 5.74) is 9.57. The van der Waals surface area contributed by atoms with Crippen LogP contribution >= 0.6 is 0 Å². The van der Waals surface area contributed by atoms with E-state index in [0.29, 0.717) is 11.5 Å². The van der Waals surface area contributed by atoms with Crippen molar-refractivity contribution in [2.75, 3.05) is 13.2 Å². The molecule has 2 unspecified atom stereocenters. The number of fused-ring (bicyclic) bond motifs is 1. The standard InChI is InChI=1S/C18H27NO/c19-14-18(10-3-7-17-8-4-12-20-17)11-9-15-5-1-2-6-16(15)13-18/h1-2,5-6,17H,3-4,7-14,19H2. The highest BCUT2D eigenvalue weighted by molar-refractivity contribution is 5.31. The van der Waals surface area contributed by atoms with Gasteiger partial charge in [0.1, 0.15) is 0 Å². The van der Waals surface area contributed by atoms with Crippen molar-refractivity contribution in [1.82, 2.24) is 0 Å². The van der Waals surface area contributed by atoms with Crippen molar-refractivity contribution in [3.05, 3.63) is 35.4 Å². The normalized spacial score (nSPS) is 29.4. The summed E-state index contributed by atoms with van der Waals surface area (Å²) in [6.07, 6.45) is 10.4. The fourth-order valence-electron chi connectivity index (χ4n) is 3.93. The molecule has 1 saturated heterocycles. The smallest absolute Gasteiger partial charge is 0.0576 e. The minimum atomic E-state index is 0.340. The number of hydrogen-bond acceptors (Lipinski definition) is 2. The minimum absolute atomic E-state index is 0.340. The fraction of sp³-hybridized carbons (Fsp3) is 0.667. The zero-order valence-corrected chi connectivity index (χ0v) is 12.4. The quantitative estimate of drug-likeness (QED) is 0.891. The molecule has 0 amide bonds. The van der Waals surface area contributed by atoms with Crippen LogP contribution in [0.4, 0.5) is 0 Å². The van der Waals surface area contributed by atoms with Crippen LogP contribution in [0.5, 0.6) is 0 Å². The number of ether oxygens (including phenoxy) is 1. The maximum absolute atomic E-state index is 6.16. The molecule has 2 nitrogen and oxygen atoms in total. The Morgan fingerprint density at radius 2 is 2.10 bits per heavy atom. The van der Waals surface area contributed by atoms with E-state index in [1.165, 1.54) is 62.5 Å². The number of nitrogens with two attached hydrogens (primary N) is 1. The number of hydrogen-bond donors (Lipinski definition) is 1. The summed E-state index contributed by atoms with van der Waals surface area (Å²) in [6, 6.07) is 8.89. The van der Waals surface area contributed by atoms with Gasteiger partial charge in [0.15, 0.2) is 0 Å². The summed E-state index contributed by atoms with van der Waals surface area (Å²) in [5, 5.41) is 0. The number of aryl methyl sites for hydroxylation is 1. The zero-order valence-electron chi connectivity index (χ0n) is 12.4. The molecule has 3 rings (SSSR count). The van der Waals surface area contributed by atoms with Crippen molar-refractivity contribution in [1.29, 1.82) is 0 Å². The molecule has 20 heavy (non-hydrogen) atoms. The average Bonchev–Trinajstić information content (AvgIpc) is 3.00. The molecule has 2 heteroatoms. The third-order valence-corrected chi connectivity index (χ3v) is 5.30. The Labute approximate surface area is 122 Å². The Kier molecular flexibility index (Phi) is 4.42. The molecule has 110 valence electrons. The maximum atomic E-state index is 6.16. The van der Waals surface area contributed by atoms with Crippen LogP contribution in [0.1, 0.15) is 49.7 Å². The van der Waals surface area contributed by atoms with Gasteiger partial charge >= 0.3 is 0 Å². The van der Waals surface area contributed by atoms with E-state index in [1.54, 1.807) is 0 Å². The van der Waals surface area contributed by atoms with Crippen molar-refractivity contribution in [3.63, 3.8) is 0 Å². The van der Waals surface area contributed by atoms with E-state index in [2.05, 4.69) is 24.3 Å². The van der Waals surface area contributed by atoms with Crippen molar-refractivity contribution in [2.24, 2.45) is 11.1 Å². The van der Waals surface area contributed by atoms with Crippen molar-refractivity contribution in [2.45, 2.75) is 57.5 Å². The zero-order chi connectivity index (χ0) is 13.8. The molecule has 1 aliphatic heterocycles. The highest BCUT2D eigenvalue weighted by atomic mass is 16.5. The Balaban J connectivity index is 1.58. The second kappa shape index (κ2) is 6.28.